The lowest BCUT2D eigenvalue weighted by Gasteiger charge is -2.24. The molecular weight excluding hydrogens is 214 g/mol. The number of hydrogen-bond donors (Lipinski definition) is 1. The first-order chi connectivity index (χ1) is 8.17. The van der Waals surface area contributed by atoms with Crippen molar-refractivity contribution in [3.8, 4) is 5.75 Å². The number of anilines is 1. The summed E-state index contributed by atoms with van der Waals surface area (Å²) in [6.07, 6.45) is 0.823. The molecule has 0 spiro atoms. The number of aliphatic hydroxyl groups excluding tert-OH is 1. The zero-order chi connectivity index (χ0) is 12.4. The summed E-state index contributed by atoms with van der Waals surface area (Å²) in [4.78, 5) is 2.40. The smallest absolute Gasteiger partial charge is 0.119 e. The molecule has 1 aromatic rings. The standard InChI is InChI=1S/C14H21NO2/c1-10(2)15-9-11(6-7-16)13-8-12(17-3)4-5-14(13)15/h4-5,8,10-11,16H,6-7,9H2,1-3H3. The normalized spacial score (nSPS) is 18.6. The van der Waals surface area contributed by atoms with Gasteiger partial charge in [-0.25, -0.2) is 0 Å². The fourth-order valence-corrected chi connectivity index (χ4v) is 2.57. The summed E-state index contributed by atoms with van der Waals surface area (Å²) in [5.41, 5.74) is 2.60. The molecule has 94 valence electrons. The number of methoxy groups -OCH3 is 1. The van der Waals surface area contributed by atoms with Gasteiger partial charge in [0.1, 0.15) is 5.75 Å². The van der Waals surface area contributed by atoms with Gasteiger partial charge in [0.25, 0.3) is 0 Å². The third-order valence-electron chi connectivity index (χ3n) is 3.50. The van der Waals surface area contributed by atoms with Gasteiger partial charge in [0, 0.05) is 30.8 Å². The zero-order valence-corrected chi connectivity index (χ0v) is 10.8. The molecule has 0 aliphatic carbocycles. The molecule has 1 aliphatic rings. The molecule has 0 amide bonds. The number of rotatable bonds is 4. The van der Waals surface area contributed by atoms with Crippen LogP contribution in [0.5, 0.6) is 5.75 Å². The van der Waals surface area contributed by atoms with Crippen LogP contribution >= 0.6 is 0 Å². The minimum absolute atomic E-state index is 0.243. The molecule has 3 nitrogen and oxygen atoms in total. The highest BCUT2D eigenvalue weighted by Gasteiger charge is 2.29. The summed E-state index contributed by atoms with van der Waals surface area (Å²) in [5, 5.41) is 9.15. The highest BCUT2D eigenvalue weighted by atomic mass is 16.5. The Morgan fingerprint density at radius 3 is 2.82 bits per heavy atom. The average molecular weight is 235 g/mol. The molecule has 1 atom stereocenters. The van der Waals surface area contributed by atoms with Gasteiger partial charge in [-0.1, -0.05) is 0 Å². The van der Waals surface area contributed by atoms with Gasteiger partial charge in [0.05, 0.1) is 7.11 Å². The Labute approximate surface area is 103 Å². The molecule has 0 saturated heterocycles. The summed E-state index contributed by atoms with van der Waals surface area (Å²) in [6, 6.07) is 6.74. The Morgan fingerprint density at radius 2 is 2.24 bits per heavy atom. The number of benzene rings is 1. The lowest BCUT2D eigenvalue weighted by atomic mass is 9.98. The van der Waals surface area contributed by atoms with E-state index in [0.717, 1.165) is 18.7 Å². The first-order valence-electron chi connectivity index (χ1n) is 6.22. The molecule has 17 heavy (non-hydrogen) atoms. The highest BCUT2D eigenvalue weighted by Crippen LogP contribution is 2.40. The predicted octanol–water partition coefficient (Wildman–Crippen LogP) is 2.39. The van der Waals surface area contributed by atoms with Crippen LogP contribution in [0.2, 0.25) is 0 Å². The van der Waals surface area contributed by atoms with Crippen LogP contribution in [0.4, 0.5) is 5.69 Å². The Bertz CT molecular complexity index is 390. The van der Waals surface area contributed by atoms with Crippen LogP contribution in [0.15, 0.2) is 18.2 Å². The molecule has 1 heterocycles. The van der Waals surface area contributed by atoms with Crippen LogP contribution in [0, 0.1) is 0 Å². The Hall–Kier alpha value is -1.22. The van der Waals surface area contributed by atoms with Crippen LogP contribution in [-0.4, -0.2) is 31.4 Å². The number of hydrogen-bond acceptors (Lipinski definition) is 3. The molecule has 0 aromatic heterocycles. The van der Waals surface area contributed by atoms with E-state index in [-0.39, 0.29) is 6.61 Å². The van der Waals surface area contributed by atoms with E-state index in [1.807, 2.05) is 6.07 Å². The number of ether oxygens (including phenoxy) is 1. The van der Waals surface area contributed by atoms with Crippen molar-refractivity contribution in [1.82, 2.24) is 0 Å². The van der Waals surface area contributed by atoms with Gasteiger partial charge in [0.2, 0.25) is 0 Å². The zero-order valence-electron chi connectivity index (χ0n) is 10.8. The molecular formula is C14H21NO2. The molecule has 2 rings (SSSR count). The van der Waals surface area contributed by atoms with Crippen molar-refractivity contribution in [1.29, 1.82) is 0 Å². The summed E-state index contributed by atoms with van der Waals surface area (Å²) in [7, 11) is 1.69. The minimum Gasteiger partial charge on any atom is -0.497 e. The summed E-state index contributed by atoms with van der Waals surface area (Å²) < 4.78 is 5.28. The van der Waals surface area contributed by atoms with Crippen LogP contribution in [0.25, 0.3) is 0 Å². The summed E-state index contributed by atoms with van der Waals surface area (Å²) in [6.45, 7) is 5.65. The maximum atomic E-state index is 9.15. The molecule has 1 unspecified atom stereocenters. The molecule has 1 aliphatic heterocycles. The van der Waals surface area contributed by atoms with E-state index in [1.54, 1.807) is 7.11 Å². The number of nitrogens with zero attached hydrogens (tertiary/aromatic N) is 1. The van der Waals surface area contributed by atoms with E-state index in [2.05, 4.69) is 30.9 Å². The molecule has 0 bridgehead atoms. The SMILES string of the molecule is COc1ccc2c(c1)C(CCO)CN2C(C)C. The first-order valence-corrected chi connectivity index (χ1v) is 6.22. The fourth-order valence-electron chi connectivity index (χ4n) is 2.57. The van der Waals surface area contributed by atoms with Crippen LogP contribution in [0.3, 0.4) is 0 Å². The van der Waals surface area contributed by atoms with Gasteiger partial charge >= 0.3 is 0 Å². The predicted molar refractivity (Wildman–Crippen MR) is 69.9 cm³/mol. The third kappa shape index (κ3) is 2.25. The van der Waals surface area contributed by atoms with Crippen molar-refractivity contribution in [2.75, 3.05) is 25.2 Å². The van der Waals surface area contributed by atoms with Crippen molar-refractivity contribution in [3.05, 3.63) is 23.8 Å². The molecule has 0 radical (unpaired) electrons. The van der Waals surface area contributed by atoms with E-state index in [0.29, 0.717) is 12.0 Å². The monoisotopic (exact) mass is 235 g/mol. The largest absolute Gasteiger partial charge is 0.497 e. The number of fused-ring (bicyclic) bond motifs is 1. The molecule has 1 N–H and O–H groups in total. The van der Waals surface area contributed by atoms with Gasteiger partial charge in [0.15, 0.2) is 0 Å². The first kappa shape index (κ1) is 12.2. The van der Waals surface area contributed by atoms with Gasteiger partial charge in [-0.2, -0.15) is 0 Å². The molecule has 1 aromatic carbocycles. The second-order valence-electron chi connectivity index (χ2n) is 4.88. The lowest BCUT2D eigenvalue weighted by molar-refractivity contribution is 0.277. The maximum absolute atomic E-state index is 9.15. The highest BCUT2D eigenvalue weighted by molar-refractivity contribution is 5.62. The fraction of sp³-hybridized carbons (Fsp3) is 0.571. The molecule has 0 fully saturated rings. The van der Waals surface area contributed by atoms with E-state index < -0.39 is 0 Å². The summed E-state index contributed by atoms with van der Waals surface area (Å²) in [5.74, 6) is 1.32. The Morgan fingerprint density at radius 1 is 1.47 bits per heavy atom. The third-order valence-corrected chi connectivity index (χ3v) is 3.50. The van der Waals surface area contributed by atoms with E-state index in [1.165, 1.54) is 11.3 Å². The van der Waals surface area contributed by atoms with Crippen molar-refractivity contribution >= 4 is 5.69 Å². The lowest BCUT2D eigenvalue weighted by Crippen LogP contribution is -2.29. The quantitative estimate of drug-likeness (QED) is 0.869. The minimum atomic E-state index is 0.243. The van der Waals surface area contributed by atoms with Crippen molar-refractivity contribution < 1.29 is 9.84 Å². The van der Waals surface area contributed by atoms with Crippen molar-refractivity contribution in [3.63, 3.8) is 0 Å². The Kier molecular flexibility index (Phi) is 3.57. The second kappa shape index (κ2) is 4.96. The second-order valence-corrected chi connectivity index (χ2v) is 4.88. The van der Waals surface area contributed by atoms with Gasteiger partial charge < -0.3 is 14.7 Å². The van der Waals surface area contributed by atoms with E-state index in [9.17, 15) is 0 Å². The van der Waals surface area contributed by atoms with Crippen LogP contribution < -0.4 is 9.64 Å². The number of aliphatic hydroxyl groups is 1. The summed E-state index contributed by atoms with van der Waals surface area (Å²) >= 11 is 0. The van der Waals surface area contributed by atoms with Crippen molar-refractivity contribution in [2.24, 2.45) is 0 Å². The van der Waals surface area contributed by atoms with E-state index in [4.69, 9.17) is 9.84 Å². The van der Waals surface area contributed by atoms with Crippen LogP contribution in [-0.2, 0) is 0 Å². The van der Waals surface area contributed by atoms with Crippen molar-refractivity contribution in [2.45, 2.75) is 32.2 Å². The van der Waals surface area contributed by atoms with Crippen LogP contribution in [0.1, 0.15) is 31.7 Å². The molecule has 0 saturated carbocycles. The Balaban J connectivity index is 2.36. The van der Waals surface area contributed by atoms with E-state index >= 15 is 0 Å². The average Bonchev–Trinajstić information content (AvgIpc) is 2.68. The maximum Gasteiger partial charge on any atom is 0.119 e. The van der Waals surface area contributed by atoms with Gasteiger partial charge in [-0.05, 0) is 44.0 Å². The topological polar surface area (TPSA) is 32.7 Å². The van der Waals surface area contributed by atoms with Gasteiger partial charge in [-0.15, -0.1) is 0 Å². The van der Waals surface area contributed by atoms with Gasteiger partial charge in [-0.3, -0.25) is 0 Å². The molecule has 3 heteroatoms.